The van der Waals surface area contributed by atoms with E-state index in [4.69, 9.17) is 9.47 Å². The highest BCUT2D eigenvalue weighted by molar-refractivity contribution is 5.74. The highest BCUT2D eigenvalue weighted by atomic mass is 16.5. The average molecular weight is 369 g/mol. The number of urea groups is 1. The topological polar surface area (TPSA) is 54.0 Å². The molecule has 0 saturated carbocycles. The Morgan fingerprint density at radius 2 is 1.70 bits per heavy atom. The molecule has 2 amide bonds. The Bertz CT molecular complexity index is 716. The molecule has 1 N–H and O–H groups in total. The molecule has 1 saturated heterocycles. The second-order valence-electron chi connectivity index (χ2n) is 6.44. The van der Waals surface area contributed by atoms with Crippen molar-refractivity contribution >= 4 is 11.7 Å². The van der Waals surface area contributed by atoms with Gasteiger partial charge < -0.3 is 24.6 Å². The minimum atomic E-state index is -0.000395. The van der Waals surface area contributed by atoms with Gasteiger partial charge in [0.1, 0.15) is 5.75 Å². The molecule has 0 bridgehead atoms. The number of para-hydroxylation sites is 3. The molecule has 0 aliphatic carbocycles. The molecule has 1 heterocycles. The third-order valence-corrected chi connectivity index (χ3v) is 4.55. The number of hydrogen-bond acceptors (Lipinski definition) is 4. The lowest BCUT2D eigenvalue weighted by molar-refractivity contribution is 0.183. The molecular weight excluding hydrogens is 342 g/mol. The number of carbonyl (C=O) groups excluding carboxylic acids is 1. The van der Waals surface area contributed by atoms with Crippen LogP contribution in [0.3, 0.4) is 0 Å². The van der Waals surface area contributed by atoms with Crippen molar-refractivity contribution in [3.8, 4) is 11.5 Å². The third-order valence-electron chi connectivity index (χ3n) is 4.55. The number of nitrogens with zero attached hydrogens (tertiary/aromatic N) is 2. The van der Waals surface area contributed by atoms with Crippen LogP contribution >= 0.6 is 0 Å². The predicted molar refractivity (Wildman–Crippen MR) is 107 cm³/mol. The second kappa shape index (κ2) is 9.83. The van der Waals surface area contributed by atoms with Crippen LogP contribution in [-0.4, -0.2) is 57.4 Å². The first-order chi connectivity index (χ1) is 13.3. The second-order valence-corrected chi connectivity index (χ2v) is 6.44. The van der Waals surface area contributed by atoms with Gasteiger partial charge in [0.15, 0.2) is 5.75 Å². The monoisotopic (exact) mass is 369 g/mol. The van der Waals surface area contributed by atoms with E-state index in [1.54, 1.807) is 7.11 Å². The summed E-state index contributed by atoms with van der Waals surface area (Å²) in [5.74, 6) is 1.65. The van der Waals surface area contributed by atoms with Gasteiger partial charge in [0.2, 0.25) is 0 Å². The highest BCUT2D eigenvalue weighted by Crippen LogP contribution is 2.32. The minimum Gasteiger partial charge on any atom is -0.455 e. The van der Waals surface area contributed by atoms with Gasteiger partial charge in [0.05, 0.1) is 5.69 Å². The van der Waals surface area contributed by atoms with Crippen molar-refractivity contribution in [1.82, 2.24) is 10.2 Å². The average Bonchev–Trinajstić information content (AvgIpc) is 2.72. The van der Waals surface area contributed by atoms with Crippen LogP contribution in [0.25, 0.3) is 0 Å². The smallest absolute Gasteiger partial charge is 0.317 e. The number of benzene rings is 2. The van der Waals surface area contributed by atoms with Crippen molar-refractivity contribution in [2.45, 2.75) is 6.42 Å². The maximum absolute atomic E-state index is 12.2. The van der Waals surface area contributed by atoms with E-state index in [2.05, 4.69) is 16.3 Å². The lowest BCUT2D eigenvalue weighted by atomic mass is 10.2. The molecule has 144 valence electrons. The molecule has 6 heteroatoms. The molecule has 1 aliphatic rings. The van der Waals surface area contributed by atoms with Crippen molar-refractivity contribution in [3.05, 3.63) is 54.6 Å². The van der Waals surface area contributed by atoms with Crippen LogP contribution in [0.4, 0.5) is 10.5 Å². The highest BCUT2D eigenvalue weighted by Gasteiger charge is 2.22. The number of piperazine rings is 1. The Morgan fingerprint density at radius 1 is 1.00 bits per heavy atom. The Kier molecular flexibility index (Phi) is 6.93. The SMILES string of the molecule is COCCCNC(=O)N1CCN(c2ccccc2Oc2ccccc2)CC1. The lowest BCUT2D eigenvalue weighted by Gasteiger charge is -2.36. The maximum atomic E-state index is 12.2. The predicted octanol–water partition coefficient (Wildman–Crippen LogP) is 3.35. The van der Waals surface area contributed by atoms with Crippen LogP contribution < -0.4 is 15.0 Å². The van der Waals surface area contributed by atoms with E-state index >= 15 is 0 Å². The van der Waals surface area contributed by atoms with Gasteiger partial charge >= 0.3 is 6.03 Å². The number of anilines is 1. The zero-order chi connectivity index (χ0) is 18.9. The molecule has 1 aliphatic heterocycles. The summed E-state index contributed by atoms with van der Waals surface area (Å²) < 4.78 is 11.1. The summed E-state index contributed by atoms with van der Waals surface area (Å²) in [6, 6.07) is 17.8. The van der Waals surface area contributed by atoms with E-state index in [1.165, 1.54) is 0 Å². The lowest BCUT2D eigenvalue weighted by Crippen LogP contribution is -2.52. The van der Waals surface area contributed by atoms with Crippen molar-refractivity contribution < 1.29 is 14.3 Å². The van der Waals surface area contributed by atoms with Gasteiger partial charge in [-0.2, -0.15) is 0 Å². The zero-order valence-electron chi connectivity index (χ0n) is 15.8. The molecule has 3 rings (SSSR count). The number of methoxy groups -OCH3 is 1. The van der Waals surface area contributed by atoms with Crippen LogP contribution in [0.1, 0.15) is 6.42 Å². The summed E-state index contributed by atoms with van der Waals surface area (Å²) in [4.78, 5) is 16.4. The van der Waals surface area contributed by atoms with Crippen molar-refractivity contribution in [1.29, 1.82) is 0 Å². The molecular formula is C21H27N3O3. The number of rotatable bonds is 7. The zero-order valence-corrected chi connectivity index (χ0v) is 15.8. The summed E-state index contributed by atoms with van der Waals surface area (Å²) in [6.45, 7) is 4.24. The van der Waals surface area contributed by atoms with Gasteiger partial charge in [-0.25, -0.2) is 4.79 Å². The Morgan fingerprint density at radius 3 is 2.44 bits per heavy atom. The minimum absolute atomic E-state index is 0.000395. The quantitative estimate of drug-likeness (QED) is 0.761. The van der Waals surface area contributed by atoms with Crippen LogP contribution in [-0.2, 0) is 4.74 Å². The number of ether oxygens (including phenoxy) is 2. The van der Waals surface area contributed by atoms with Gasteiger partial charge in [-0.15, -0.1) is 0 Å². The third kappa shape index (κ3) is 5.37. The summed E-state index contributed by atoms with van der Waals surface area (Å²) in [5, 5.41) is 2.95. The van der Waals surface area contributed by atoms with Gasteiger partial charge in [-0.1, -0.05) is 30.3 Å². The molecule has 27 heavy (non-hydrogen) atoms. The van der Waals surface area contributed by atoms with Crippen LogP contribution in [0.5, 0.6) is 11.5 Å². The first-order valence-corrected chi connectivity index (χ1v) is 9.36. The van der Waals surface area contributed by atoms with Gasteiger partial charge in [-0.3, -0.25) is 0 Å². The van der Waals surface area contributed by atoms with E-state index < -0.39 is 0 Å². The van der Waals surface area contributed by atoms with Crippen LogP contribution in [0, 0.1) is 0 Å². The molecule has 0 spiro atoms. The molecule has 1 fully saturated rings. The van der Waals surface area contributed by atoms with E-state index in [1.807, 2.05) is 53.4 Å². The molecule has 0 aromatic heterocycles. The molecule has 0 unspecified atom stereocenters. The largest absolute Gasteiger partial charge is 0.455 e. The van der Waals surface area contributed by atoms with Crippen LogP contribution in [0.15, 0.2) is 54.6 Å². The summed E-state index contributed by atoms with van der Waals surface area (Å²) >= 11 is 0. The van der Waals surface area contributed by atoms with E-state index in [0.717, 1.165) is 36.7 Å². The van der Waals surface area contributed by atoms with E-state index in [-0.39, 0.29) is 6.03 Å². The van der Waals surface area contributed by atoms with Gasteiger partial charge in [0, 0.05) is 46.4 Å². The summed E-state index contributed by atoms with van der Waals surface area (Å²) in [5.41, 5.74) is 1.06. The van der Waals surface area contributed by atoms with Crippen molar-refractivity contribution in [3.63, 3.8) is 0 Å². The standard InChI is InChI=1S/C21H27N3O3/c1-26-17-7-12-22-21(25)24-15-13-23(14-16-24)19-10-5-6-11-20(19)27-18-8-3-2-4-9-18/h2-6,8-11H,7,12-17H2,1H3,(H,22,25). The van der Waals surface area contributed by atoms with E-state index in [9.17, 15) is 4.79 Å². The number of amides is 2. The first kappa shape index (κ1) is 19.0. The van der Waals surface area contributed by atoms with Gasteiger partial charge in [0.25, 0.3) is 0 Å². The number of carbonyl (C=O) groups is 1. The molecule has 2 aromatic carbocycles. The Labute approximate surface area is 160 Å². The first-order valence-electron chi connectivity index (χ1n) is 9.36. The maximum Gasteiger partial charge on any atom is 0.317 e. The fourth-order valence-corrected chi connectivity index (χ4v) is 3.09. The Balaban J connectivity index is 1.56. The summed E-state index contributed by atoms with van der Waals surface area (Å²) in [7, 11) is 1.67. The summed E-state index contributed by atoms with van der Waals surface area (Å²) in [6.07, 6.45) is 0.826. The van der Waals surface area contributed by atoms with Gasteiger partial charge in [-0.05, 0) is 30.7 Å². The molecule has 0 radical (unpaired) electrons. The van der Waals surface area contributed by atoms with Crippen LogP contribution in [0.2, 0.25) is 0 Å². The molecule has 6 nitrogen and oxygen atoms in total. The molecule has 0 atom stereocenters. The fourth-order valence-electron chi connectivity index (χ4n) is 3.09. The fraction of sp³-hybridized carbons (Fsp3) is 0.381. The van der Waals surface area contributed by atoms with E-state index in [0.29, 0.717) is 26.2 Å². The number of nitrogens with one attached hydrogen (secondary N) is 1. The van der Waals surface area contributed by atoms with Crippen molar-refractivity contribution in [2.24, 2.45) is 0 Å². The normalized spacial score (nSPS) is 14.1. The Hall–Kier alpha value is -2.73. The number of hydrogen-bond donors (Lipinski definition) is 1. The van der Waals surface area contributed by atoms with Crippen molar-refractivity contribution in [2.75, 3.05) is 51.3 Å². The molecule has 2 aromatic rings.